The molecule has 5 heterocycles. The molecular weight excluding hydrogens is 949 g/mol. The van der Waals surface area contributed by atoms with E-state index in [0.29, 0.717) is 73.3 Å². The summed E-state index contributed by atoms with van der Waals surface area (Å²) in [6.45, 7) is 4.73. The summed E-state index contributed by atoms with van der Waals surface area (Å²) in [6, 6.07) is 33.5. The summed E-state index contributed by atoms with van der Waals surface area (Å²) in [6.07, 6.45) is 15.0. The zero-order valence-corrected chi connectivity index (χ0v) is 44.3. The number of cyclic esters (lactones) is 1. The van der Waals surface area contributed by atoms with Gasteiger partial charge in [-0.3, -0.25) is 0 Å². The Morgan fingerprint density at radius 1 is 0.855 bits per heavy atom. The van der Waals surface area contributed by atoms with Crippen LogP contribution in [0.1, 0.15) is 111 Å². The molecule has 7 N–H and O–H groups in total. The number of esters is 2. The monoisotopic (exact) mass is 1020 g/mol. The van der Waals surface area contributed by atoms with Crippen molar-refractivity contribution in [1.82, 2.24) is 21.3 Å². The first-order chi connectivity index (χ1) is 37.0. The van der Waals surface area contributed by atoms with E-state index < -0.39 is 17.5 Å². The molecule has 1 spiro atoms. The first kappa shape index (κ1) is 51.1. The molecule has 5 aliphatic carbocycles. The van der Waals surface area contributed by atoms with Gasteiger partial charge in [0.25, 0.3) is 0 Å². The van der Waals surface area contributed by atoms with Crippen LogP contribution in [0.15, 0.2) is 137 Å². The number of hydrogen-bond acceptors (Lipinski definition) is 11. The molecule has 5 aliphatic heterocycles. The van der Waals surface area contributed by atoms with Crippen molar-refractivity contribution in [3.63, 3.8) is 0 Å². The van der Waals surface area contributed by atoms with E-state index in [0.717, 1.165) is 110 Å². The average Bonchev–Trinajstić information content (AvgIpc) is 4.16. The fourth-order valence-electron chi connectivity index (χ4n) is 16.1. The number of aliphatic hydroxyl groups is 2. The minimum absolute atomic E-state index is 0.000722. The van der Waals surface area contributed by atoms with Crippen LogP contribution in [0.25, 0.3) is 16.7 Å². The fraction of sp³-hybridized carbons (Fsp3) is 0.477. The van der Waals surface area contributed by atoms with Crippen LogP contribution in [0, 0.1) is 46.3 Å². The smallest absolute Gasteiger partial charge is 0.340 e. The lowest BCUT2D eigenvalue weighted by Crippen LogP contribution is -2.52. The molecule has 2 saturated carbocycles. The number of ether oxygens (including phenoxy) is 2. The molecule has 398 valence electrons. The van der Waals surface area contributed by atoms with Crippen LogP contribution < -0.4 is 21.3 Å². The molecule has 11 atom stereocenters. The third kappa shape index (κ3) is 9.32. The molecule has 0 aromatic heterocycles. The summed E-state index contributed by atoms with van der Waals surface area (Å²) < 4.78 is 13.3. The van der Waals surface area contributed by atoms with Gasteiger partial charge in [-0.2, -0.15) is 0 Å². The van der Waals surface area contributed by atoms with Crippen LogP contribution in [0.3, 0.4) is 0 Å². The first-order valence-electron chi connectivity index (χ1n) is 28.6. The maximum atomic E-state index is 15.2. The average molecular weight is 1030 g/mol. The SMILES string of the molecule is CNC1CC(C23CC=C4OC(=O)C5=C4CCC4C6CCC7(C(=CC(CCO)Cc8ccccc8)OC(=O)C7=C6c6cc(O)ccc6-c6cccc(c6)CNCCc6cccc(c6)C(NCC(C)O)C(CC2)C3)C54)CCN1. The number of fused-ring (bicyclic) bond motifs is 5. The van der Waals surface area contributed by atoms with Gasteiger partial charge in [0.05, 0.1) is 23.3 Å². The second-order valence-electron chi connectivity index (χ2n) is 23.7. The van der Waals surface area contributed by atoms with Crippen LogP contribution in [-0.2, 0) is 38.4 Å². The van der Waals surface area contributed by atoms with Crippen molar-refractivity contribution in [3.05, 3.63) is 165 Å². The maximum Gasteiger partial charge on any atom is 0.340 e. The van der Waals surface area contributed by atoms with Crippen LogP contribution in [-0.4, -0.2) is 72.8 Å². The van der Waals surface area contributed by atoms with E-state index in [4.69, 9.17) is 9.47 Å². The number of piperidine rings is 1. The summed E-state index contributed by atoms with van der Waals surface area (Å²) in [5, 5.41) is 47.5. The topological polar surface area (TPSA) is 161 Å². The maximum absolute atomic E-state index is 15.2. The molecular formula is C65H76N4O7. The lowest BCUT2D eigenvalue weighted by atomic mass is 9.44. The molecule has 4 aromatic rings. The zero-order valence-electron chi connectivity index (χ0n) is 44.3. The molecule has 11 heteroatoms. The van der Waals surface area contributed by atoms with E-state index in [2.05, 4.69) is 94.1 Å². The summed E-state index contributed by atoms with van der Waals surface area (Å²) in [4.78, 5) is 30.4. The second-order valence-corrected chi connectivity index (χ2v) is 23.7. The number of carbonyl (C=O) groups is 2. The van der Waals surface area contributed by atoms with Crippen molar-refractivity contribution in [2.75, 3.05) is 33.3 Å². The Hall–Kier alpha value is -5.66. The van der Waals surface area contributed by atoms with Crippen LogP contribution in [0.5, 0.6) is 5.75 Å². The highest BCUT2D eigenvalue weighted by Gasteiger charge is 2.68. The van der Waals surface area contributed by atoms with Crippen molar-refractivity contribution in [2.24, 2.45) is 46.3 Å². The Bertz CT molecular complexity index is 3000. The van der Waals surface area contributed by atoms with E-state index in [1.54, 1.807) is 6.07 Å². The predicted octanol–water partition coefficient (Wildman–Crippen LogP) is 9.75. The van der Waals surface area contributed by atoms with Crippen molar-refractivity contribution in [2.45, 2.75) is 115 Å². The fourth-order valence-corrected chi connectivity index (χ4v) is 16.1. The molecule has 4 aromatic carbocycles. The first-order valence-corrected chi connectivity index (χ1v) is 28.6. The Kier molecular flexibility index (Phi) is 14.3. The number of aromatic hydroxyl groups is 1. The number of phenols is 1. The Morgan fingerprint density at radius 2 is 1.71 bits per heavy atom. The van der Waals surface area contributed by atoms with Crippen LogP contribution >= 0.6 is 0 Å². The molecule has 14 bridgehead atoms. The summed E-state index contributed by atoms with van der Waals surface area (Å²) >= 11 is 0. The molecule has 76 heavy (non-hydrogen) atoms. The lowest BCUT2D eigenvalue weighted by Gasteiger charge is -2.56. The molecule has 11 nitrogen and oxygen atoms in total. The van der Waals surface area contributed by atoms with Gasteiger partial charge in [0, 0.05) is 42.8 Å². The van der Waals surface area contributed by atoms with Gasteiger partial charge in [-0.15, -0.1) is 0 Å². The van der Waals surface area contributed by atoms with Gasteiger partial charge >= 0.3 is 11.9 Å². The van der Waals surface area contributed by atoms with Crippen molar-refractivity contribution < 1.29 is 34.4 Å². The normalized spacial score (nSPS) is 31.3. The van der Waals surface area contributed by atoms with E-state index in [1.165, 1.54) is 11.1 Å². The van der Waals surface area contributed by atoms with Crippen LogP contribution in [0.4, 0.5) is 0 Å². The molecule has 0 radical (unpaired) electrons. The number of nitrogens with one attached hydrogen (secondary N) is 4. The Morgan fingerprint density at radius 3 is 2.55 bits per heavy atom. The number of carbonyl (C=O) groups excluding carboxylic acids is 2. The van der Waals surface area contributed by atoms with Gasteiger partial charge in [-0.05, 0) is 220 Å². The number of benzene rings is 4. The Balaban J connectivity index is 1.03. The second kappa shape index (κ2) is 21.3. The number of hydrogen-bond donors (Lipinski definition) is 7. The number of phenolic OH excluding ortho intramolecular Hbond substituents is 1. The van der Waals surface area contributed by atoms with Crippen molar-refractivity contribution in [3.8, 4) is 16.9 Å². The minimum atomic E-state index is -0.964. The van der Waals surface area contributed by atoms with Crippen LogP contribution in [0.2, 0.25) is 0 Å². The Labute approximate surface area is 448 Å². The van der Waals surface area contributed by atoms with E-state index in [9.17, 15) is 15.3 Å². The third-order valence-electron chi connectivity index (χ3n) is 19.4. The van der Waals surface area contributed by atoms with Gasteiger partial charge in [-0.1, -0.05) is 78.9 Å². The number of rotatable bonds is 10. The van der Waals surface area contributed by atoms with Crippen molar-refractivity contribution >= 4 is 17.5 Å². The molecule has 4 fully saturated rings. The highest BCUT2D eigenvalue weighted by atomic mass is 16.6. The van der Waals surface area contributed by atoms with Gasteiger partial charge in [0.1, 0.15) is 17.3 Å². The van der Waals surface area contributed by atoms with Gasteiger partial charge in [0.2, 0.25) is 0 Å². The van der Waals surface area contributed by atoms with E-state index in [-0.39, 0.29) is 59.6 Å². The molecule has 14 rings (SSSR count). The molecule has 2 saturated heterocycles. The van der Waals surface area contributed by atoms with Gasteiger partial charge in [0.15, 0.2) is 0 Å². The van der Waals surface area contributed by atoms with E-state index in [1.807, 2.05) is 44.3 Å². The molecule has 0 amide bonds. The summed E-state index contributed by atoms with van der Waals surface area (Å²) in [7, 11) is 2.04. The summed E-state index contributed by atoms with van der Waals surface area (Å²) in [5.41, 5.74) is 9.77. The highest BCUT2D eigenvalue weighted by Crippen LogP contribution is 2.72. The summed E-state index contributed by atoms with van der Waals surface area (Å²) in [5.74, 6) is 0.895. The molecule has 11 unspecified atom stereocenters. The van der Waals surface area contributed by atoms with Gasteiger partial charge in [-0.25, -0.2) is 9.59 Å². The predicted molar refractivity (Wildman–Crippen MR) is 295 cm³/mol. The largest absolute Gasteiger partial charge is 0.508 e. The quantitative estimate of drug-likeness (QED) is 0.0758. The number of allylic oxidation sites excluding steroid dienone is 5. The minimum Gasteiger partial charge on any atom is -0.508 e. The standard InChI is InChI=1S/C65H76N4O7/c1-39(71)37-69-61-45-13-6-10-41(31-45)21-27-67-38-43-11-7-12-44(32-43)49-15-14-48(72)35-53(49)57-50-19-26-65(55(76-63(74)60(57)65)33-42(23-29-70)30-40-8-4-3-5-9-40)59-51(50)16-17-52-54(75-62(73)58(52)59)20-25-64(24-18-46(61)36-64)47-22-28-68-56(34-47)66-2/h3-15,20,31-33,35,39,42,46-47,50-51,56,59,61,66-72H,16-19,21-30,34,36-38H2,1-2H3. The third-order valence-corrected chi connectivity index (χ3v) is 19.4. The van der Waals surface area contributed by atoms with Gasteiger partial charge < -0.3 is 46.1 Å². The zero-order chi connectivity index (χ0) is 52.1. The number of aliphatic hydroxyl groups excluding tert-OH is 2. The highest BCUT2D eigenvalue weighted by molar-refractivity contribution is 6.07. The molecule has 10 aliphatic rings. The van der Waals surface area contributed by atoms with Crippen molar-refractivity contribution in [1.29, 1.82) is 0 Å². The lowest BCUT2D eigenvalue weighted by molar-refractivity contribution is -0.135. The van der Waals surface area contributed by atoms with E-state index >= 15 is 9.59 Å².